The van der Waals surface area contributed by atoms with E-state index in [2.05, 4.69) is 15.6 Å². The van der Waals surface area contributed by atoms with Gasteiger partial charge in [-0.15, -0.1) is 0 Å². The van der Waals surface area contributed by atoms with Gasteiger partial charge in [-0.1, -0.05) is 18.5 Å². The van der Waals surface area contributed by atoms with Gasteiger partial charge in [-0.25, -0.2) is 9.78 Å². The maximum Gasteiger partial charge on any atom is 0.323 e. The number of hydrogen-bond acceptors (Lipinski definition) is 4. The second kappa shape index (κ2) is 9.16. The van der Waals surface area contributed by atoms with Crippen molar-refractivity contribution >= 4 is 46.6 Å². The molecule has 2 saturated heterocycles. The van der Waals surface area contributed by atoms with Crippen LogP contribution < -0.4 is 15.5 Å². The van der Waals surface area contributed by atoms with Crippen LogP contribution in [0.3, 0.4) is 0 Å². The fourth-order valence-corrected chi connectivity index (χ4v) is 4.42. The molecule has 3 heterocycles. The second-order valence-electron chi connectivity index (χ2n) is 8.49. The van der Waals surface area contributed by atoms with E-state index in [1.807, 2.05) is 26.0 Å². The first-order valence-electron chi connectivity index (χ1n) is 10.7. The molecular weight excluding hydrogens is 430 g/mol. The van der Waals surface area contributed by atoms with Gasteiger partial charge >= 0.3 is 6.03 Å². The number of urea groups is 1. The summed E-state index contributed by atoms with van der Waals surface area (Å²) in [4.78, 5) is 45.3. The number of rotatable bonds is 4. The number of pyridine rings is 1. The molecule has 2 aliphatic rings. The number of likely N-dealkylation sites (tertiary alicyclic amines) is 1. The van der Waals surface area contributed by atoms with Gasteiger partial charge in [0.1, 0.15) is 11.9 Å². The Balaban J connectivity index is 1.41. The number of anilines is 3. The molecular formula is C23H26ClN5O3. The van der Waals surface area contributed by atoms with Gasteiger partial charge < -0.3 is 15.1 Å². The van der Waals surface area contributed by atoms with Gasteiger partial charge in [-0.2, -0.15) is 0 Å². The van der Waals surface area contributed by atoms with Crippen molar-refractivity contribution in [1.29, 1.82) is 0 Å². The third-order valence-corrected chi connectivity index (χ3v) is 6.16. The number of hydrogen-bond donors (Lipinski definition) is 2. The maximum atomic E-state index is 13.0. The molecule has 32 heavy (non-hydrogen) atoms. The molecule has 0 radical (unpaired) electrons. The van der Waals surface area contributed by atoms with Crippen LogP contribution in [0.15, 0.2) is 42.6 Å². The van der Waals surface area contributed by atoms with E-state index in [0.717, 1.165) is 12.1 Å². The zero-order valence-corrected chi connectivity index (χ0v) is 18.8. The van der Waals surface area contributed by atoms with Gasteiger partial charge in [-0.05, 0) is 62.1 Å². The molecule has 2 fully saturated rings. The van der Waals surface area contributed by atoms with Crippen molar-refractivity contribution in [3.05, 3.63) is 47.6 Å². The van der Waals surface area contributed by atoms with Crippen molar-refractivity contribution in [2.24, 2.45) is 5.92 Å². The summed E-state index contributed by atoms with van der Waals surface area (Å²) in [5.41, 5.74) is 1.45. The summed E-state index contributed by atoms with van der Waals surface area (Å²) in [5.74, 6) is 0.442. The monoisotopic (exact) mass is 455 g/mol. The topological polar surface area (TPSA) is 94.6 Å². The minimum atomic E-state index is -0.586. The van der Waals surface area contributed by atoms with Gasteiger partial charge in [-0.3, -0.25) is 14.9 Å². The summed E-state index contributed by atoms with van der Waals surface area (Å²) in [6, 6.07) is 9.71. The molecule has 2 aromatic rings. The first-order valence-corrected chi connectivity index (χ1v) is 11.1. The summed E-state index contributed by atoms with van der Waals surface area (Å²) in [6.07, 6.45) is 3.43. The smallest absolute Gasteiger partial charge is 0.323 e. The lowest BCUT2D eigenvalue weighted by Gasteiger charge is -2.24. The minimum Gasteiger partial charge on any atom is -0.324 e. The van der Waals surface area contributed by atoms with Crippen LogP contribution in [-0.4, -0.2) is 46.4 Å². The molecule has 9 heteroatoms. The van der Waals surface area contributed by atoms with Crippen molar-refractivity contribution in [2.45, 2.75) is 45.2 Å². The van der Waals surface area contributed by atoms with Gasteiger partial charge in [0, 0.05) is 36.6 Å². The summed E-state index contributed by atoms with van der Waals surface area (Å²) < 4.78 is 0. The largest absolute Gasteiger partial charge is 0.324 e. The number of carbonyl (C=O) groups excluding carboxylic acids is 3. The minimum absolute atomic E-state index is 0.117. The van der Waals surface area contributed by atoms with Crippen molar-refractivity contribution in [2.75, 3.05) is 22.1 Å². The fourth-order valence-electron chi connectivity index (χ4n) is 4.31. The molecule has 0 spiro atoms. The molecule has 0 bridgehead atoms. The summed E-state index contributed by atoms with van der Waals surface area (Å²) in [5, 5.41) is 6.11. The SMILES string of the molecule is CC1CCC(=O)N1c1ccc(NC(=O)[C@H]2C[C@@H](C)CN2C(=O)Nc2ccc(Cl)cn2)cc1. The molecule has 1 aromatic carbocycles. The van der Waals surface area contributed by atoms with E-state index in [9.17, 15) is 14.4 Å². The van der Waals surface area contributed by atoms with Crippen LogP contribution in [0.25, 0.3) is 0 Å². The molecule has 8 nitrogen and oxygen atoms in total. The quantitative estimate of drug-likeness (QED) is 0.724. The molecule has 2 aliphatic heterocycles. The number of amides is 4. The highest BCUT2D eigenvalue weighted by Gasteiger charge is 2.38. The van der Waals surface area contributed by atoms with Crippen LogP contribution in [0, 0.1) is 5.92 Å². The third kappa shape index (κ3) is 4.70. The average molecular weight is 456 g/mol. The van der Waals surface area contributed by atoms with Crippen molar-refractivity contribution < 1.29 is 14.4 Å². The molecule has 4 rings (SSSR count). The molecule has 1 aromatic heterocycles. The molecule has 0 aliphatic carbocycles. The zero-order chi connectivity index (χ0) is 22.8. The van der Waals surface area contributed by atoms with E-state index in [4.69, 9.17) is 11.6 Å². The number of carbonyl (C=O) groups is 3. The van der Waals surface area contributed by atoms with Crippen molar-refractivity contribution in [3.63, 3.8) is 0 Å². The van der Waals surface area contributed by atoms with E-state index in [1.54, 1.807) is 29.2 Å². The second-order valence-corrected chi connectivity index (χ2v) is 8.92. The van der Waals surface area contributed by atoms with Crippen molar-refractivity contribution in [1.82, 2.24) is 9.88 Å². The Hall–Kier alpha value is -3.13. The number of benzene rings is 1. The van der Waals surface area contributed by atoms with Gasteiger partial charge in [0.25, 0.3) is 0 Å². The number of aromatic nitrogens is 1. The highest BCUT2D eigenvalue weighted by molar-refractivity contribution is 6.30. The van der Waals surface area contributed by atoms with Gasteiger partial charge in [0.05, 0.1) is 5.02 Å². The Morgan fingerprint density at radius 1 is 1.09 bits per heavy atom. The van der Waals surface area contributed by atoms with Crippen LogP contribution in [0.5, 0.6) is 0 Å². The Bertz CT molecular complexity index is 1010. The Morgan fingerprint density at radius 2 is 1.84 bits per heavy atom. The van der Waals surface area contributed by atoms with E-state index >= 15 is 0 Å². The van der Waals surface area contributed by atoms with Crippen LogP contribution >= 0.6 is 11.6 Å². The number of nitrogens with one attached hydrogen (secondary N) is 2. The van der Waals surface area contributed by atoms with Crippen LogP contribution in [0.4, 0.5) is 22.0 Å². The predicted octanol–water partition coefficient (Wildman–Crippen LogP) is 4.13. The standard InChI is InChI=1S/C23H26ClN5O3/c1-14-11-19(28(13-14)23(32)27-20-9-4-16(24)12-25-20)22(31)26-17-5-7-18(8-6-17)29-15(2)3-10-21(29)30/h4-9,12,14-15,19H,3,10-11,13H2,1-2H3,(H,26,31)(H,25,27,32)/t14-,15?,19-/m1/s1. The first-order chi connectivity index (χ1) is 15.3. The lowest BCUT2D eigenvalue weighted by Crippen LogP contribution is -2.45. The molecule has 2 N–H and O–H groups in total. The highest BCUT2D eigenvalue weighted by atomic mass is 35.5. The predicted molar refractivity (Wildman–Crippen MR) is 124 cm³/mol. The first kappa shape index (κ1) is 22.1. The lowest BCUT2D eigenvalue weighted by atomic mass is 10.1. The van der Waals surface area contributed by atoms with E-state index < -0.39 is 6.04 Å². The fraction of sp³-hybridized carbons (Fsp3) is 0.391. The Labute approximate surface area is 191 Å². The lowest BCUT2D eigenvalue weighted by molar-refractivity contribution is -0.119. The number of halogens is 1. The van der Waals surface area contributed by atoms with E-state index in [0.29, 0.717) is 35.9 Å². The summed E-state index contributed by atoms with van der Waals surface area (Å²) in [6.45, 7) is 4.52. The van der Waals surface area contributed by atoms with Gasteiger partial charge in [0.15, 0.2) is 0 Å². The van der Waals surface area contributed by atoms with Crippen LogP contribution in [0.2, 0.25) is 5.02 Å². The molecule has 168 valence electrons. The summed E-state index contributed by atoms with van der Waals surface area (Å²) >= 11 is 5.84. The molecule has 4 amide bonds. The molecule has 1 unspecified atom stereocenters. The number of nitrogens with zero attached hydrogens (tertiary/aromatic N) is 3. The normalized spacial score (nSPS) is 22.8. The van der Waals surface area contributed by atoms with Crippen LogP contribution in [-0.2, 0) is 9.59 Å². The maximum absolute atomic E-state index is 13.0. The summed E-state index contributed by atoms with van der Waals surface area (Å²) in [7, 11) is 0. The van der Waals surface area contributed by atoms with E-state index in [1.165, 1.54) is 11.1 Å². The Morgan fingerprint density at radius 3 is 2.47 bits per heavy atom. The van der Waals surface area contributed by atoms with Crippen LogP contribution in [0.1, 0.15) is 33.1 Å². The van der Waals surface area contributed by atoms with Gasteiger partial charge in [0.2, 0.25) is 11.8 Å². The Kier molecular flexibility index (Phi) is 6.32. The molecule has 0 saturated carbocycles. The zero-order valence-electron chi connectivity index (χ0n) is 18.0. The van der Waals surface area contributed by atoms with E-state index in [-0.39, 0.29) is 29.8 Å². The average Bonchev–Trinajstić information content (AvgIpc) is 3.32. The third-order valence-electron chi connectivity index (χ3n) is 5.93. The van der Waals surface area contributed by atoms with Crippen molar-refractivity contribution in [3.8, 4) is 0 Å². The molecule has 3 atom stereocenters. The highest BCUT2D eigenvalue weighted by Crippen LogP contribution is 2.29.